The fourth-order valence-corrected chi connectivity index (χ4v) is 2.85. The number of rotatable bonds is 6. The van der Waals surface area contributed by atoms with Gasteiger partial charge in [-0.05, 0) is 30.2 Å². The van der Waals surface area contributed by atoms with Gasteiger partial charge in [-0.25, -0.2) is 4.39 Å². The van der Waals surface area contributed by atoms with Gasteiger partial charge in [0.25, 0.3) is 0 Å². The topological polar surface area (TPSA) is 50.7 Å². The number of alkyl halides is 3. The summed E-state index contributed by atoms with van der Waals surface area (Å²) in [5.74, 6) is -0.239. The van der Waals surface area contributed by atoms with Crippen LogP contribution >= 0.6 is 0 Å². The number of morpholine rings is 1. The van der Waals surface area contributed by atoms with Crippen LogP contribution in [0.4, 0.5) is 17.6 Å². The van der Waals surface area contributed by atoms with Crippen LogP contribution in [-0.2, 0) is 11.2 Å². The van der Waals surface area contributed by atoms with Gasteiger partial charge in [0.05, 0.1) is 25.4 Å². The highest BCUT2D eigenvalue weighted by molar-refractivity contribution is 5.35. The number of hydrogen-bond donors (Lipinski definition) is 2. The van der Waals surface area contributed by atoms with Gasteiger partial charge in [-0.1, -0.05) is 0 Å². The summed E-state index contributed by atoms with van der Waals surface area (Å²) in [4.78, 5) is 0. The van der Waals surface area contributed by atoms with Gasteiger partial charge in [-0.15, -0.1) is 0 Å². The summed E-state index contributed by atoms with van der Waals surface area (Å²) in [5, 5.41) is 13.9. The molecule has 8 heteroatoms. The SMILES string of the molecule is COc1ccc(F)cc1CC(O)(CCC(F)(F)F)C1CNCCO1. The lowest BCUT2D eigenvalue weighted by atomic mass is 9.83. The van der Waals surface area contributed by atoms with Crippen molar-refractivity contribution in [2.45, 2.75) is 37.1 Å². The van der Waals surface area contributed by atoms with E-state index in [0.29, 0.717) is 24.5 Å². The molecule has 0 radical (unpaired) electrons. The van der Waals surface area contributed by atoms with E-state index in [1.807, 2.05) is 0 Å². The third-order valence-corrected chi connectivity index (χ3v) is 4.11. The molecule has 0 spiro atoms. The molecule has 0 aromatic heterocycles. The first kappa shape index (κ1) is 19.0. The van der Waals surface area contributed by atoms with E-state index in [1.165, 1.54) is 19.2 Å². The highest BCUT2D eigenvalue weighted by Gasteiger charge is 2.42. The molecule has 1 heterocycles. The molecule has 0 saturated carbocycles. The molecule has 24 heavy (non-hydrogen) atoms. The van der Waals surface area contributed by atoms with Crippen LogP contribution in [0.1, 0.15) is 18.4 Å². The summed E-state index contributed by atoms with van der Waals surface area (Å²) in [7, 11) is 1.38. The quantitative estimate of drug-likeness (QED) is 0.773. The van der Waals surface area contributed by atoms with Crippen molar-refractivity contribution in [2.24, 2.45) is 0 Å². The molecule has 2 rings (SSSR count). The Labute approximate surface area is 137 Å². The first-order chi connectivity index (χ1) is 11.2. The van der Waals surface area contributed by atoms with Gasteiger partial charge in [0.1, 0.15) is 11.6 Å². The molecular formula is C16H21F4NO3. The van der Waals surface area contributed by atoms with Crippen molar-refractivity contribution < 1.29 is 32.1 Å². The van der Waals surface area contributed by atoms with E-state index in [2.05, 4.69) is 5.32 Å². The monoisotopic (exact) mass is 351 g/mol. The molecule has 2 N–H and O–H groups in total. The first-order valence-electron chi connectivity index (χ1n) is 7.67. The summed E-state index contributed by atoms with van der Waals surface area (Å²) in [5.41, 5.74) is -1.49. The molecular weight excluding hydrogens is 330 g/mol. The van der Waals surface area contributed by atoms with Crippen LogP contribution in [0, 0.1) is 5.82 Å². The van der Waals surface area contributed by atoms with Gasteiger partial charge in [0.15, 0.2) is 0 Å². The van der Waals surface area contributed by atoms with Gasteiger partial charge in [0.2, 0.25) is 0 Å². The lowest BCUT2D eigenvalue weighted by molar-refractivity contribution is -0.168. The van der Waals surface area contributed by atoms with Crippen molar-refractivity contribution in [1.29, 1.82) is 0 Å². The summed E-state index contributed by atoms with van der Waals surface area (Å²) in [6.07, 6.45) is -7.11. The fourth-order valence-electron chi connectivity index (χ4n) is 2.85. The lowest BCUT2D eigenvalue weighted by Gasteiger charge is -2.39. The number of ether oxygens (including phenoxy) is 2. The molecule has 4 nitrogen and oxygen atoms in total. The summed E-state index contributed by atoms with van der Waals surface area (Å²) in [6, 6.07) is 3.73. The minimum atomic E-state index is -4.40. The van der Waals surface area contributed by atoms with Crippen LogP contribution in [0.5, 0.6) is 5.75 Å². The lowest BCUT2D eigenvalue weighted by Crippen LogP contribution is -2.54. The zero-order valence-electron chi connectivity index (χ0n) is 13.3. The van der Waals surface area contributed by atoms with Gasteiger partial charge < -0.3 is 19.9 Å². The first-order valence-corrected chi connectivity index (χ1v) is 7.67. The van der Waals surface area contributed by atoms with Crippen LogP contribution in [0.3, 0.4) is 0 Å². The number of benzene rings is 1. The van der Waals surface area contributed by atoms with E-state index in [4.69, 9.17) is 9.47 Å². The van der Waals surface area contributed by atoms with Crippen LogP contribution in [0.25, 0.3) is 0 Å². The van der Waals surface area contributed by atoms with Crippen LogP contribution in [0.15, 0.2) is 18.2 Å². The molecule has 136 valence electrons. The van der Waals surface area contributed by atoms with Crippen LogP contribution in [0.2, 0.25) is 0 Å². The van der Waals surface area contributed by atoms with Crippen molar-refractivity contribution in [3.8, 4) is 5.75 Å². The Morgan fingerprint density at radius 3 is 2.67 bits per heavy atom. The molecule has 1 aliphatic heterocycles. The van der Waals surface area contributed by atoms with Gasteiger partial charge in [-0.3, -0.25) is 0 Å². The Balaban J connectivity index is 2.26. The average Bonchev–Trinajstić information content (AvgIpc) is 2.53. The maximum absolute atomic E-state index is 13.5. The van der Waals surface area contributed by atoms with Gasteiger partial charge in [0, 0.05) is 25.9 Å². The van der Waals surface area contributed by atoms with E-state index in [9.17, 15) is 22.7 Å². The van der Waals surface area contributed by atoms with Crippen LogP contribution < -0.4 is 10.1 Å². The highest BCUT2D eigenvalue weighted by atomic mass is 19.4. The molecule has 1 fully saturated rings. The Morgan fingerprint density at radius 1 is 1.33 bits per heavy atom. The number of methoxy groups -OCH3 is 1. The number of halogens is 4. The van der Waals surface area contributed by atoms with E-state index < -0.39 is 36.5 Å². The van der Waals surface area contributed by atoms with Crippen molar-refractivity contribution in [3.05, 3.63) is 29.6 Å². The fraction of sp³-hybridized carbons (Fsp3) is 0.625. The number of hydrogen-bond acceptors (Lipinski definition) is 4. The normalized spacial score (nSPS) is 21.3. The molecule has 2 unspecified atom stereocenters. The molecule has 2 atom stereocenters. The number of aliphatic hydroxyl groups is 1. The average molecular weight is 351 g/mol. The summed E-state index contributed by atoms with van der Waals surface area (Å²) in [6.45, 7) is 1.08. The minimum absolute atomic E-state index is 0.198. The van der Waals surface area contributed by atoms with Crippen molar-refractivity contribution >= 4 is 0 Å². The molecule has 1 aromatic carbocycles. The van der Waals surface area contributed by atoms with E-state index in [1.54, 1.807) is 0 Å². The Morgan fingerprint density at radius 2 is 2.08 bits per heavy atom. The highest BCUT2D eigenvalue weighted by Crippen LogP contribution is 2.34. The largest absolute Gasteiger partial charge is 0.496 e. The van der Waals surface area contributed by atoms with Crippen LogP contribution in [-0.4, -0.2) is 49.8 Å². The Hall–Kier alpha value is -1.38. The third-order valence-electron chi connectivity index (χ3n) is 4.11. The molecule has 1 aromatic rings. The molecule has 0 amide bonds. The third kappa shape index (κ3) is 5.06. The minimum Gasteiger partial charge on any atom is -0.496 e. The van der Waals surface area contributed by atoms with Crippen molar-refractivity contribution in [1.82, 2.24) is 5.32 Å². The molecule has 0 aliphatic carbocycles. The van der Waals surface area contributed by atoms with Crippen molar-refractivity contribution in [2.75, 3.05) is 26.8 Å². The zero-order chi connectivity index (χ0) is 17.8. The smallest absolute Gasteiger partial charge is 0.389 e. The second kappa shape index (κ2) is 7.67. The second-order valence-corrected chi connectivity index (χ2v) is 5.92. The summed E-state index contributed by atoms with van der Waals surface area (Å²) < 4.78 is 62.1. The molecule has 1 aliphatic rings. The standard InChI is InChI=1S/C16H21F4NO3/c1-23-13-3-2-12(17)8-11(13)9-15(22,4-5-16(18,19)20)14-10-21-6-7-24-14/h2-3,8,14,21-22H,4-7,9-10H2,1H3. The zero-order valence-corrected chi connectivity index (χ0v) is 13.3. The van der Waals surface area contributed by atoms with Gasteiger partial charge in [-0.2, -0.15) is 13.2 Å². The van der Waals surface area contributed by atoms with E-state index in [-0.39, 0.29) is 13.0 Å². The molecule has 1 saturated heterocycles. The maximum atomic E-state index is 13.5. The van der Waals surface area contributed by atoms with Gasteiger partial charge >= 0.3 is 6.18 Å². The second-order valence-electron chi connectivity index (χ2n) is 5.92. The van der Waals surface area contributed by atoms with E-state index >= 15 is 0 Å². The van der Waals surface area contributed by atoms with Crippen molar-refractivity contribution in [3.63, 3.8) is 0 Å². The predicted octanol–water partition coefficient (Wildman–Crippen LogP) is 2.44. The Bertz CT molecular complexity index is 547. The summed E-state index contributed by atoms with van der Waals surface area (Å²) >= 11 is 0. The predicted molar refractivity (Wildman–Crippen MR) is 79.5 cm³/mol. The number of nitrogens with one attached hydrogen (secondary N) is 1. The van der Waals surface area contributed by atoms with E-state index in [0.717, 1.165) is 6.07 Å². The maximum Gasteiger partial charge on any atom is 0.389 e. The molecule has 0 bridgehead atoms. The Kier molecular flexibility index (Phi) is 6.06.